The van der Waals surface area contributed by atoms with Crippen molar-refractivity contribution in [3.05, 3.63) is 35.4 Å². The van der Waals surface area contributed by atoms with E-state index in [1.807, 2.05) is 12.1 Å². The molecule has 0 heterocycles. The van der Waals surface area contributed by atoms with Crippen molar-refractivity contribution in [3.63, 3.8) is 0 Å². The van der Waals surface area contributed by atoms with Gasteiger partial charge in [0.05, 0.1) is 0 Å². The van der Waals surface area contributed by atoms with Crippen LogP contribution in [0.1, 0.15) is 11.1 Å². The van der Waals surface area contributed by atoms with Gasteiger partial charge >= 0.3 is 95.6 Å². The maximum absolute atomic E-state index is 10.5. The van der Waals surface area contributed by atoms with Crippen LogP contribution >= 0.6 is 0 Å². The van der Waals surface area contributed by atoms with Crippen LogP contribution in [0.2, 0.25) is 5.32 Å². The molecule has 3 N–H and O–H groups in total. The molecule has 0 aliphatic carbocycles. The van der Waals surface area contributed by atoms with Crippen molar-refractivity contribution >= 4 is 20.9 Å². The quantitative estimate of drug-likeness (QED) is 0.787. The molecule has 0 amide bonds. The molecule has 0 unspecified atom stereocenters. The number of nitrogens with two attached hydrogens (primary N) is 1. The van der Waals surface area contributed by atoms with E-state index in [1.165, 1.54) is 11.1 Å². The molecule has 0 saturated heterocycles. The Morgan fingerprint density at radius 1 is 1.53 bits per heavy atom. The molecule has 1 atom stereocenters. The van der Waals surface area contributed by atoms with Crippen LogP contribution in [-0.4, -0.2) is 32.1 Å². The molecule has 4 heteroatoms. The zero-order valence-corrected chi connectivity index (χ0v) is 10.4. The Morgan fingerprint density at radius 2 is 2.20 bits per heavy atom. The first-order valence-electron chi connectivity index (χ1n) is 4.72. The molecule has 1 aromatic carbocycles. The molecule has 0 saturated carbocycles. The minimum absolute atomic E-state index is 0.268. The number of rotatable bonds is 5. The monoisotopic (exact) mass is 273 g/mol. The fraction of sp³-hybridized carbons (Fsp3) is 0.364. The third-order valence-electron chi connectivity index (χ3n) is 2.13. The van der Waals surface area contributed by atoms with Gasteiger partial charge in [-0.05, 0) is 0 Å². The molecule has 1 rings (SSSR count). The number of carbonyl (C=O) groups is 1. The molecule has 15 heavy (non-hydrogen) atoms. The number of carboxylic acid groups (broad SMARTS) is 1. The summed E-state index contributed by atoms with van der Waals surface area (Å²) in [6.07, 6.45) is 0. The van der Waals surface area contributed by atoms with Crippen molar-refractivity contribution in [2.45, 2.75) is 23.6 Å². The van der Waals surface area contributed by atoms with Gasteiger partial charge in [-0.25, -0.2) is 0 Å². The number of carboxylic acids is 1. The van der Waals surface area contributed by atoms with Gasteiger partial charge < -0.3 is 0 Å². The van der Waals surface area contributed by atoms with Crippen molar-refractivity contribution in [2.75, 3.05) is 0 Å². The molecular formula is C11H15NO2Se. The molecule has 0 fully saturated rings. The molecule has 0 aliphatic heterocycles. The molecule has 1 aromatic rings. The second-order valence-electron chi connectivity index (χ2n) is 3.39. The summed E-state index contributed by atoms with van der Waals surface area (Å²) >= 11 is 0.268. The average molecular weight is 272 g/mol. The number of hydrogen-bond donors (Lipinski definition) is 2. The number of hydrogen-bond acceptors (Lipinski definition) is 2. The predicted molar refractivity (Wildman–Crippen MR) is 61.1 cm³/mol. The van der Waals surface area contributed by atoms with Crippen molar-refractivity contribution < 1.29 is 9.90 Å². The van der Waals surface area contributed by atoms with E-state index in [9.17, 15) is 4.79 Å². The maximum atomic E-state index is 10.5. The Bertz CT molecular complexity index is 341. The zero-order chi connectivity index (χ0) is 11.3. The van der Waals surface area contributed by atoms with Crippen LogP contribution in [-0.2, 0) is 10.1 Å². The molecule has 3 nitrogen and oxygen atoms in total. The van der Waals surface area contributed by atoms with Gasteiger partial charge in [0.25, 0.3) is 0 Å². The van der Waals surface area contributed by atoms with Crippen molar-refractivity contribution in [1.29, 1.82) is 0 Å². The predicted octanol–water partition coefficient (Wildman–Crippen LogP) is 1.03. The van der Waals surface area contributed by atoms with Crippen LogP contribution in [0, 0.1) is 6.92 Å². The normalized spacial score (nSPS) is 12.4. The molecule has 0 radical (unpaired) electrons. The molecule has 0 aliphatic rings. The van der Waals surface area contributed by atoms with Gasteiger partial charge in [-0.2, -0.15) is 0 Å². The van der Waals surface area contributed by atoms with Crippen LogP contribution in [0.15, 0.2) is 24.3 Å². The van der Waals surface area contributed by atoms with E-state index >= 15 is 0 Å². The van der Waals surface area contributed by atoms with Gasteiger partial charge in [0, 0.05) is 0 Å². The van der Waals surface area contributed by atoms with Crippen molar-refractivity contribution in [2.24, 2.45) is 5.73 Å². The van der Waals surface area contributed by atoms with Crippen LogP contribution in [0.3, 0.4) is 0 Å². The van der Waals surface area contributed by atoms with Crippen molar-refractivity contribution in [1.82, 2.24) is 0 Å². The first kappa shape index (κ1) is 12.2. The molecule has 0 bridgehead atoms. The van der Waals surface area contributed by atoms with Crippen molar-refractivity contribution in [3.8, 4) is 0 Å². The Balaban J connectivity index is 2.38. The standard InChI is InChI=1S/C11H15NO2Se/c1-8-4-2-3-5-9(8)6-15-7-10(12)11(13)14/h2-5,10H,6-7,12H2,1H3,(H,13,14)/t10-/m0/s1. The summed E-state index contributed by atoms with van der Waals surface area (Å²) in [7, 11) is 0. The van der Waals surface area contributed by atoms with Crippen LogP contribution < -0.4 is 5.73 Å². The van der Waals surface area contributed by atoms with Gasteiger partial charge in [0.2, 0.25) is 0 Å². The summed E-state index contributed by atoms with van der Waals surface area (Å²) in [5.41, 5.74) is 8.00. The summed E-state index contributed by atoms with van der Waals surface area (Å²) in [5, 5.41) is 10.2. The van der Waals surface area contributed by atoms with E-state index in [1.54, 1.807) is 0 Å². The number of aliphatic carboxylic acids is 1. The van der Waals surface area contributed by atoms with Crippen LogP contribution in [0.5, 0.6) is 0 Å². The fourth-order valence-electron chi connectivity index (χ4n) is 1.14. The van der Waals surface area contributed by atoms with E-state index in [2.05, 4.69) is 19.1 Å². The second-order valence-corrected chi connectivity index (χ2v) is 5.55. The first-order valence-corrected chi connectivity index (χ1v) is 7.14. The van der Waals surface area contributed by atoms with Gasteiger partial charge in [0.1, 0.15) is 0 Å². The Labute approximate surface area is 95.8 Å². The summed E-state index contributed by atoms with van der Waals surface area (Å²) in [5.74, 6) is -0.901. The number of aryl methyl sites for hydroxylation is 1. The second kappa shape index (κ2) is 5.91. The number of benzene rings is 1. The van der Waals surface area contributed by atoms with Crippen LogP contribution in [0.25, 0.3) is 0 Å². The molecule has 0 spiro atoms. The molecule has 82 valence electrons. The van der Waals surface area contributed by atoms with E-state index in [-0.39, 0.29) is 15.0 Å². The summed E-state index contributed by atoms with van der Waals surface area (Å²) in [6.45, 7) is 2.07. The zero-order valence-electron chi connectivity index (χ0n) is 8.64. The minimum atomic E-state index is -0.901. The summed E-state index contributed by atoms with van der Waals surface area (Å²) in [6, 6.07) is 7.48. The average Bonchev–Trinajstić information content (AvgIpc) is 2.20. The molecule has 0 aromatic heterocycles. The van der Waals surface area contributed by atoms with E-state index in [4.69, 9.17) is 10.8 Å². The molecular weight excluding hydrogens is 257 g/mol. The summed E-state index contributed by atoms with van der Waals surface area (Å²) in [4.78, 5) is 10.5. The Morgan fingerprint density at radius 3 is 2.80 bits per heavy atom. The topological polar surface area (TPSA) is 63.3 Å². The van der Waals surface area contributed by atoms with E-state index < -0.39 is 12.0 Å². The van der Waals surface area contributed by atoms with Gasteiger partial charge in [-0.1, -0.05) is 0 Å². The Kier molecular flexibility index (Phi) is 4.82. The third kappa shape index (κ3) is 4.04. The third-order valence-corrected chi connectivity index (χ3v) is 4.46. The first-order chi connectivity index (χ1) is 7.11. The van der Waals surface area contributed by atoms with E-state index in [0.717, 1.165) is 5.32 Å². The van der Waals surface area contributed by atoms with Gasteiger partial charge in [-0.15, -0.1) is 0 Å². The Hall–Kier alpha value is -0.831. The van der Waals surface area contributed by atoms with E-state index in [0.29, 0.717) is 5.32 Å². The SMILES string of the molecule is Cc1ccccc1C[Se]C[C@H](N)C(=O)O. The van der Waals surface area contributed by atoms with Gasteiger partial charge in [0.15, 0.2) is 0 Å². The fourth-order valence-corrected chi connectivity index (χ4v) is 3.36. The summed E-state index contributed by atoms with van der Waals surface area (Å²) < 4.78 is 0. The van der Waals surface area contributed by atoms with Gasteiger partial charge in [-0.3, -0.25) is 0 Å². The van der Waals surface area contributed by atoms with Crippen LogP contribution in [0.4, 0.5) is 0 Å².